The summed E-state index contributed by atoms with van der Waals surface area (Å²) in [4.78, 5) is 23.7. The van der Waals surface area contributed by atoms with Gasteiger partial charge in [0.25, 0.3) is 5.91 Å². The smallest absolute Gasteiger partial charge is 0.387 e. The Kier molecular flexibility index (Phi) is 7.24. The third-order valence-corrected chi connectivity index (χ3v) is 2.81. The first-order valence-electron chi connectivity index (χ1n) is 7.19. The van der Waals surface area contributed by atoms with Gasteiger partial charge in [0.15, 0.2) is 11.5 Å². The monoisotopic (exact) mass is 330 g/mol. The standard InChI is InChI=1S/C15H20F2N2O4/c1-4-18-13(20)9(3)19-14(21)10-6-7-11(23-15(16)17)12(8-10)22-5-2/h6-9,15H,4-5H2,1-3H3,(H,18,20)(H,19,21)/t9-/m1/s1. The molecular formula is C15H20F2N2O4. The number of halogens is 2. The predicted molar refractivity (Wildman–Crippen MR) is 79.9 cm³/mol. The van der Waals surface area contributed by atoms with Crippen LogP contribution < -0.4 is 20.1 Å². The summed E-state index contributed by atoms with van der Waals surface area (Å²) in [6.45, 7) is 2.67. The third-order valence-electron chi connectivity index (χ3n) is 2.81. The van der Waals surface area contributed by atoms with E-state index in [0.29, 0.717) is 6.54 Å². The highest BCUT2D eigenvalue weighted by atomic mass is 19.3. The Balaban J connectivity index is 2.88. The maximum Gasteiger partial charge on any atom is 0.387 e. The van der Waals surface area contributed by atoms with E-state index >= 15 is 0 Å². The Morgan fingerprint density at radius 1 is 1.22 bits per heavy atom. The van der Waals surface area contributed by atoms with Crippen LogP contribution >= 0.6 is 0 Å². The zero-order chi connectivity index (χ0) is 17.4. The van der Waals surface area contributed by atoms with Crippen LogP contribution in [0.1, 0.15) is 31.1 Å². The molecule has 2 N–H and O–H groups in total. The van der Waals surface area contributed by atoms with Crippen LogP contribution in [0.3, 0.4) is 0 Å². The van der Waals surface area contributed by atoms with Crippen molar-refractivity contribution in [3.63, 3.8) is 0 Å². The second-order valence-electron chi connectivity index (χ2n) is 4.56. The minimum Gasteiger partial charge on any atom is -0.490 e. The number of alkyl halides is 2. The van der Waals surface area contributed by atoms with Gasteiger partial charge in [-0.05, 0) is 39.0 Å². The Hall–Kier alpha value is -2.38. The molecule has 6 nitrogen and oxygen atoms in total. The van der Waals surface area contributed by atoms with E-state index in [9.17, 15) is 18.4 Å². The van der Waals surface area contributed by atoms with Gasteiger partial charge in [-0.2, -0.15) is 8.78 Å². The van der Waals surface area contributed by atoms with E-state index in [4.69, 9.17) is 4.74 Å². The fourth-order valence-corrected chi connectivity index (χ4v) is 1.78. The molecule has 0 bridgehead atoms. The summed E-state index contributed by atoms with van der Waals surface area (Å²) >= 11 is 0. The quantitative estimate of drug-likeness (QED) is 0.764. The SMILES string of the molecule is CCNC(=O)[C@@H](C)NC(=O)c1ccc(OC(F)F)c(OCC)c1. The van der Waals surface area contributed by atoms with E-state index in [-0.39, 0.29) is 29.6 Å². The Morgan fingerprint density at radius 2 is 1.91 bits per heavy atom. The van der Waals surface area contributed by atoms with Gasteiger partial charge in [-0.15, -0.1) is 0 Å². The molecule has 0 fully saturated rings. The number of carbonyl (C=O) groups is 2. The number of likely N-dealkylation sites (N-methyl/N-ethyl adjacent to an activating group) is 1. The van der Waals surface area contributed by atoms with Crippen LogP contribution in [0.2, 0.25) is 0 Å². The highest BCUT2D eigenvalue weighted by molar-refractivity contribution is 5.97. The summed E-state index contributed by atoms with van der Waals surface area (Å²) in [7, 11) is 0. The summed E-state index contributed by atoms with van der Waals surface area (Å²) in [5.74, 6) is -0.960. The third kappa shape index (κ3) is 5.72. The lowest BCUT2D eigenvalue weighted by Crippen LogP contribution is -2.44. The van der Waals surface area contributed by atoms with Gasteiger partial charge in [-0.3, -0.25) is 9.59 Å². The van der Waals surface area contributed by atoms with Crippen molar-refractivity contribution in [2.75, 3.05) is 13.2 Å². The first-order valence-corrected chi connectivity index (χ1v) is 7.19. The minimum atomic E-state index is -2.99. The van der Waals surface area contributed by atoms with Crippen molar-refractivity contribution in [3.05, 3.63) is 23.8 Å². The van der Waals surface area contributed by atoms with Crippen molar-refractivity contribution in [1.82, 2.24) is 10.6 Å². The number of hydrogen-bond acceptors (Lipinski definition) is 4. The first kappa shape index (κ1) is 18.7. The summed E-state index contributed by atoms with van der Waals surface area (Å²) in [5, 5.41) is 5.10. The molecule has 0 saturated carbocycles. The van der Waals surface area contributed by atoms with Crippen molar-refractivity contribution in [2.24, 2.45) is 0 Å². The second-order valence-corrected chi connectivity index (χ2v) is 4.56. The van der Waals surface area contributed by atoms with Crippen molar-refractivity contribution in [1.29, 1.82) is 0 Å². The Morgan fingerprint density at radius 3 is 2.48 bits per heavy atom. The molecule has 0 aliphatic rings. The van der Waals surface area contributed by atoms with Crippen LogP contribution in [0.25, 0.3) is 0 Å². The molecule has 0 aliphatic heterocycles. The van der Waals surface area contributed by atoms with Gasteiger partial charge in [0, 0.05) is 12.1 Å². The molecule has 0 heterocycles. The number of hydrogen-bond donors (Lipinski definition) is 2. The van der Waals surface area contributed by atoms with Gasteiger partial charge in [0.2, 0.25) is 5.91 Å². The van der Waals surface area contributed by atoms with Gasteiger partial charge in [0.1, 0.15) is 6.04 Å². The maximum absolute atomic E-state index is 12.3. The summed E-state index contributed by atoms with van der Waals surface area (Å²) < 4.78 is 34.2. The molecule has 1 aromatic carbocycles. The van der Waals surface area contributed by atoms with Gasteiger partial charge in [0.05, 0.1) is 6.61 Å². The molecule has 0 aromatic heterocycles. The lowest BCUT2D eigenvalue weighted by Gasteiger charge is -2.15. The molecule has 0 unspecified atom stereocenters. The van der Waals surface area contributed by atoms with Crippen LogP contribution in [0.5, 0.6) is 11.5 Å². The van der Waals surface area contributed by atoms with Crippen LogP contribution in [0.15, 0.2) is 18.2 Å². The second kappa shape index (κ2) is 8.92. The number of carbonyl (C=O) groups excluding carboxylic acids is 2. The Labute approximate surface area is 133 Å². The summed E-state index contributed by atoms with van der Waals surface area (Å²) in [6.07, 6.45) is 0. The average Bonchev–Trinajstić information content (AvgIpc) is 2.48. The van der Waals surface area contributed by atoms with Gasteiger partial charge >= 0.3 is 6.61 Å². The first-order chi connectivity index (χ1) is 10.9. The molecule has 2 amide bonds. The largest absolute Gasteiger partial charge is 0.490 e. The molecule has 1 aromatic rings. The molecule has 128 valence electrons. The fourth-order valence-electron chi connectivity index (χ4n) is 1.78. The fraction of sp³-hybridized carbons (Fsp3) is 0.467. The van der Waals surface area contributed by atoms with Crippen molar-refractivity contribution in [3.8, 4) is 11.5 Å². The molecule has 1 rings (SSSR count). The maximum atomic E-state index is 12.3. The van der Waals surface area contributed by atoms with Crippen LogP contribution in [-0.2, 0) is 4.79 Å². The zero-order valence-electron chi connectivity index (χ0n) is 13.2. The number of amides is 2. The highest BCUT2D eigenvalue weighted by Crippen LogP contribution is 2.29. The van der Waals surface area contributed by atoms with E-state index < -0.39 is 18.6 Å². The van der Waals surface area contributed by atoms with Crippen LogP contribution in [-0.4, -0.2) is 37.6 Å². The lowest BCUT2D eigenvalue weighted by atomic mass is 10.1. The molecule has 0 saturated heterocycles. The normalized spacial score (nSPS) is 11.7. The minimum absolute atomic E-state index is 0.0334. The van der Waals surface area contributed by atoms with Crippen molar-refractivity contribution in [2.45, 2.75) is 33.4 Å². The predicted octanol–water partition coefficient (Wildman–Crippen LogP) is 1.94. The number of nitrogens with one attached hydrogen (secondary N) is 2. The van der Waals surface area contributed by atoms with Gasteiger partial charge < -0.3 is 20.1 Å². The topological polar surface area (TPSA) is 76.7 Å². The number of benzene rings is 1. The van der Waals surface area contributed by atoms with E-state index in [2.05, 4.69) is 15.4 Å². The summed E-state index contributed by atoms with van der Waals surface area (Å²) in [6, 6.07) is 3.11. The Bertz CT molecular complexity index is 552. The number of rotatable bonds is 8. The van der Waals surface area contributed by atoms with Crippen molar-refractivity contribution < 1.29 is 27.8 Å². The molecular weight excluding hydrogens is 310 g/mol. The van der Waals surface area contributed by atoms with Crippen molar-refractivity contribution >= 4 is 11.8 Å². The van der Waals surface area contributed by atoms with Crippen LogP contribution in [0, 0.1) is 0 Å². The van der Waals surface area contributed by atoms with Gasteiger partial charge in [-0.25, -0.2) is 0 Å². The molecule has 0 radical (unpaired) electrons. The highest BCUT2D eigenvalue weighted by Gasteiger charge is 2.18. The number of ether oxygens (including phenoxy) is 2. The molecule has 0 spiro atoms. The molecule has 23 heavy (non-hydrogen) atoms. The molecule has 0 aliphatic carbocycles. The average molecular weight is 330 g/mol. The van der Waals surface area contributed by atoms with E-state index in [0.717, 1.165) is 0 Å². The van der Waals surface area contributed by atoms with E-state index in [1.54, 1.807) is 20.8 Å². The lowest BCUT2D eigenvalue weighted by molar-refractivity contribution is -0.122. The van der Waals surface area contributed by atoms with Gasteiger partial charge in [-0.1, -0.05) is 0 Å². The zero-order valence-corrected chi connectivity index (χ0v) is 13.2. The van der Waals surface area contributed by atoms with E-state index in [1.807, 2.05) is 0 Å². The summed E-state index contributed by atoms with van der Waals surface area (Å²) in [5.41, 5.74) is 0.172. The molecule has 1 atom stereocenters. The molecule has 8 heteroatoms. The van der Waals surface area contributed by atoms with E-state index in [1.165, 1.54) is 18.2 Å². The van der Waals surface area contributed by atoms with Crippen LogP contribution in [0.4, 0.5) is 8.78 Å².